The molecule has 8 nitrogen and oxygen atoms in total. The highest BCUT2D eigenvalue weighted by Gasteiger charge is 2.22. The van der Waals surface area contributed by atoms with Crippen molar-refractivity contribution < 1.29 is 23.5 Å². The van der Waals surface area contributed by atoms with Crippen LogP contribution in [-0.2, 0) is 16.1 Å². The minimum atomic E-state index is -0.699. The molecule has 0 radical (unpaired) electrons. The Morgan fingerprint density at radius 2 is 1.77 bits per heavy atom. The number of furan rings is 1. The second-order valence-corrected chi connectivity index (χ2v) is 7.89. The van der Waals surface area contributed by atoms with Crippen molar-refractivity contribution in [1.29, 1.82) is 0 Å². The van der Waals surface area contributed by atoms with Crippen LogP contribution in [0.4, 0.5) is 5.69 Å². The molecule has 1 fully saturated rings. The van der Waals surface area contributed by atoms with Crippen LogP contribution in [0.5, 0.6) is 11.5 Å². The van der Waals surface area contributed by atoms with Gasteiger partial charge in [-0.1, -0.05) is 0 Å². The third-order valence-electron chi connectivity index (χ3n) is 5.64. The zero-order valence-corrected chi connectivity index (χ0v) is 18.6. The summed E-state index contributed by atoms with van der Waals surface area (Å²) < 4.78 is 16.0. The number of hydrogen-bond acceptors (Lipinski definition) is 6. The molecule has 168 valence electrons. The van der Waals surface area contributed by atoms with Gasteiger partial charge in [-0.15, -0.1) is 0 Å². The fraction of sp³-hybridized carbons (Fsp3) is 0.478. The standard InChI is InChI=1S/C23H31N3O5/c1-15-11-18(16(2)31-15)14-26-9-7-17(8-10-26)13-24-22(27)23(28)25-19-5-6-20(29-3)21(12-19)30-4/h5-6,11-12,17H,7-10,13-14H2,1-4H3,(H,24,27)(H,25,28). The molecule has 1 aromatic heterocycles. The molecule has 2 N–H and O–H groups in total. The number of piperidine rings is 1. The number of methoxy groups -OCH3 is 2. The maximum Gasteiger partial charge on any atom is 0.313 e. The van der Waals surface area contributed by atoms with Crippen LogP contribution in [-0.4, -0.2) is 50.6 Å². The highest BCUT2D eigenvalue weighted by Crippen LogP contribution is 2.29. The lowest BCUT2D eigenvalue weighted by Crippen LogP contribution is -2.41. The summed E-state index contributed by atoms with van der Waals surface area (Å²) in [6, 6.07) is 7.04. The lowest BCUT2D eigenvalue weighted by atomic mass is 9.96. The zero-order chi connectivity index (χ0) is 22.4. The molecule has 0 atom stereocenters. The fourth-order valence-corrected chi connectivity index (χ4v) is 3.85. The first-order valence-electron chi connectivity index (χ1n) is 10.5. The van der Waals surface area contributed by atoms with Crippen molar-refractivity contribution in [2.45, 2.75) is 33.2 Å². The number of carbonyl (C=O) groups excluding carboxylic acids is 2. The molecule has 1 aliphatic rings. The number of rotatable bonds is 7. The van der Waals surface area contributed by atoms with E-state index in [0.29, 0.717) is 29.6 Å². The minimum Gasteiger partial charge on any atom is -0.493 e. The van der Waals surface area contributed by atoms with Crippen molar-refractivity contribution in [1.82, 2.24) is 10.2 Å². The van der Waals surface area contributed by atoms with E-state index in [0.717, 1.165) is 44.0 Å². The maximum atomic E-state index is 12.2. The number of hydrogen-bond donors (Lipinski definition) is 2. The Kier molecular flexibility index (Phi) is 7.57. The average Bonchev–Trinajstić information content (AvgIpc) is 3.09. The van der Waals surface area contributed by atoms with Crippen LogP contribution < -0.4 is 20.1 Å². The topological polar surface area (TPSA) is 93.0 Å². The first-order chi connectivity index (χ1) is 14.9. The molecule has 0 bridgehead atoms. The van der Waals surface area contributed by atoms with Crippen LogP contribution in [0, 0.1) is 19.8 Å². The van der Waals surface area contributed by atoms with Gasteiger partial charge in [0, 0.05) is 30.4 Å². The molecule has 1 saturated heterocycles. The highest BCUT2D eigenvalue weighted by atomic mass is 16.5. The fourth-order valence-electron chi connectivity index (χ4n) is 3.85. The number of amides is 2. The Labute approximate surface area is 182 Å². The van der Waals surface area contributed by atoms with Gasteiger partial charge in [-0.05, 0) is 63.9 Å². The van der Waals surface area contributed by atoms with Crippen LogP contribution in [0.1, 0.15) is 29.9 Å². The van der Waals surface area contributed by atoms with Gasteiger partial charge < -0.3 is 24.5 Å². The summed E-state index contributed by atoms with van der Waals surface area (Å²) in [5.74, 6) is 1.98. The molecule has 1 aliphatic heterocycles. The number of aryl methyl sites for hydroxylation is 2. The normalized spacial score (nSPS) is 14.8. The molecule has 0 spiro atoms. The van der Waals surface area contributed by atoms with Gasteiger partial charge in [0.25, 0.3) is 0 Å². The van der Waals surface area contributed by atoms with Gasteiger partial charge in [0.05, 0.1) is 14.2 Å². The third-order valence-corrected chi connectivity index (χ3v) is 5.64. The molecule has 1 aromatic carbocycles. The number of benzene rings is 1. The largest absolute Gasteiger partial charge is 0.493 e. The molecule has 8 heteroatoms. The predicted octanol–water partition coefficient (Wildman–Crippen LogP) is 2.88. The lowest BCUT2D eigenvalue weighted by molar-refractivity contribution is -0.136. The Balaban J connectivity index is 1.41. The van der Waals surface area contributed by atoms with Crippen molar-refractivity contribution >= 4 is 17.5 Å². The van der Waals surface area contributed by atoms with E-state index in [1.165, 1.54) is 19.8 Å². The van der Waals surface area contributed by atoms with E-state index in [1.807, 2.05) is 13.8 Å². The summed E-state index contributed by atoms with van der Waals surface area (Å²) in [6.07, 6.45) is 1.96. The number of ether oxygens (including phenoxy) is 2. The van der Waals surface area contributed by atoms with Crippen molar-refractivity contribution in [3.8, 4) is 11.5 Å². The SMILES string of the molecule is COc1ccc(NC(=O)C(=O)NCC2CCN(Cc3cc(C)oc3C)CC2)cc1OC. The van der Waals surface area contributed by atoms with Gasteiger partial charge in [-0.25, -0.2) is 0 Å². The summed E-state index contributed by atoms with van der Waals surface area (Å²) in [6.45, 7) is 7.26. The predicted molar refractivity (Wildman–Crippen MR) is 117 cm³/mol. The van der Waals surface area contributed by atoms with E-state index >= 15 is 0 Å². The quantitative estimate of drug-likeness (QED) is 0.658. The Bertz CT molecular complexity index is 916. The second kappa shape index (κ2) is 10.3. The van der Waals surface area contributed by atoms with Gasteiger partial charge in [-0.3, -0.25) is 14.5 Å². The number of nitrogens with zero attached hydrogens (tertiary/aromatic N) is 1. The van der Waals surface area contributed by atoms with Gasteiger partial charge in [0.15, 0.2) is 11.5 Å². The molecular weight excluding hydrogens is 398 g/mol. The van der Waals surface area contributed by atoms with Gasteiger partial charge in [0.1, 0.15) is 11.5 Å². The van der Waals surface area contributed by atoms with Gasteiger partial charge in [0.2, 0.25) is 0 Å². The summed E-state index contributed by atoms with van der Waals surface area (Å²) in [5, 5.41) is 5.35. The lowest BCUT2D eigenvalue weighted by Gasteiger charge is -2.31. The van der Waals surface area contributed by atoms with Crippen molar-refractivity contribution in [3.05, 3.63) is 41.3 Å². The molecule has 2 heterocycles. The summed E-state index contributed by atoms with van der Waals surface area (Å²) in [7, 11) is 3.05. The summed E-state index contributed by atoms with van der Waals surface area (Å²) >= 11 is 0. The first kappa shape index (κ1) is 22.7. The maximum absolute atomic E-state index is 12.2. The van der Waals surface area contributed by atoms with Crippen molar-refractivity contribution in [2.24, 2.45) is 5.92 Å². The number of nitrogens with one attached hydrogen (secondary N) is 2. The van der Waals surface area contributed by atoms with E-state index < -0.39 is 11.8 Å². The van der Waals surface area contributed by atoms with Crippen LogP contribution in [0.3, 0.4) is 0 Å². The number of anilines is 1. The van der Waals surface area contributed by atoms with Crippen molar-refractivity contribution in [3.63, 3.8) is 0 Å². The first-order valence-corrected chi connectivity index (χ1v) is 10.5. The van der Waals surface area contributed by atoms with Crippen molar-refractivity contribution in [2.75, 3.05) is 39.2 Å². The Morgan fingerprint density at radius 3 is 2.39 bits per heavy atom. The molecule has 2 amide bonds. The Hall–Kier alpha value is -3.00. The smallest absolute Gasteiger partial charge is 0.313 e. The van der Waals surface area contributed by atoms with Crippen LogP contribution in [0.15, 0.2) is 28.7 Å². The number of likely N-dealkylation sites (tertiary alicyclic amines) is 1. The van der Waals surface area contributed by atoms with Crippen LogP contribution in [0.2, 0.25) is 0 Å². The molecule has 31 heavy (non-hydrogen) atoms. The number of carbonyl (C=O) groups is 2. The monoisotopic (exact) mass is 429 g/mol. The average molecular weight is 430 g/mol. The van der Waals surface area contributed by atoms with E-state index in [4.69, 9.17) is 13.9 Å². The molecular formula is C23H31N3O5. The van der Waals surface area contributed by atoms with E-state index in [-0.39, 0.29) is 0 Å². The summed E-state index contributed by atoms with van der Waals surface area (Å²) in [4.78, 5) is 26.8. The minimum absolute atomic E-state index is 0.362. The second-order valence-electron chi connectivity index (χ2n) is 7.89. The molecule has 0 unspecified atom stereocenters. The van der Waals surface area contributed by atoms with E-state index in [1.54, 1.807) is 18.2 Å². The molecule has 2 aromatic rings. The molecule has 0 aliphatic carbocycles. The van der Waals surface area contributed by atoms with E-state index in [9.17, 15) is 9.59 Å². The Morgan fingerprint density at radius 1 is 1.06 bits per heavy atom. The molecule has 0 saturated carbocycles. The van der Waals surface area contributed by atoms with Crippen LogP contribution >= 0.6 is 0 Å². The summed E-state index contributed by atoms with van der Waals surface area (Å²) in [5.41, 5.74) is 1.70. The van der Waals surface area contributed by atoms with Gasteiger partial charge in [-0.2, -0.15) is 0 Å². The third kappa shape index (κ3) is 6.01. The van der Waals surface area contributed by atoms with Gasteiger partial charge >= 0.3 is 11.8 Å². The zero-order valence-electron chi connectivity index (χ0n) is 18.6. The van der Waals surface area contributed by atoms with E-state index in [2.05, 4.69) is 21.6 Å². The van der Waals surface area contributed by atoms with Crippen LogP contribution in [0.25, 0.3) is 0 Å². The molecule has 3 rings (SSSR count). The highest BCUT2D eigenvalue weighted by molar-refractivity contribution is 6.39.